The molecule has 5 nitrogen and oxygen atoms in total. The number of halogens is 1. The third kappa shape index (κ3) is 6.23. The minimum atomic E-state index is -0.156. The van der Waals surface area contributed by atoms with Crippen molar-refractivity contribution in [2.45, 2.75) is 38.2 Å². The largest absolute Gasteiger partial charge is 0.489 e. The lowest BCUT2D eigenvalue weighted by Crippen LogP contribution is -2.40. The fraction of sp³-hybridized carbons (Fsp3) is 0.591. The van der Waals surface area contributed by atoms with E-state index in [-0.39, 0.29) is 12.0 Å². The molecule has 28 heavy (non-hydrogen) atoms. The van der Waals surface area contributed by atoms with Crippen LogP contribution in [0.4, 0.5) is 0 Å². The van der Waals surface area contributed by atoms with Gasteiger partial charge in [0.15, 0.2) is 0 Å². The summed E-state index contributed by atoms with van der Waals surface area (Å²) < 4.78 is 11.1. The number of benzene rings is 1. The molecule has 1 atom stereocenters. The van der Waals surface area contributed by atoms with E-state index in [1.54, 1.807) is 25.3 Å². The first kappa shape index (κ1) is 21.2. The summed E-state index contributed by atoms with van der Waals surface area (Å²) in [4.78, 5) is 14.7. The first-order valence-electron chi connectivity index (χ1n) is 10.3. The molecule has 1 fully saturated rings. The minimum absolute atomic E-state index is 0.156. The van der Waals surface area contributed by atoms with Crippen LogP contribution in [0.15, 0.2) is 30.4 Å². The average molecular weight is 407 g/mol. The maximum absolute atomic E-state index is 12.1. The monoisotopic (exact) mass is 406 g/mol. The molecule has 1 saturated heterocycles. The van der Waals surface area contributed by atoms with Crippen molar-refractivity contribution in [3.63, 3.8) is 0 Å². The molecule has 2 aliphatic rings. The van der Waals surface area contributed by atoms with E-state index in [1.165, 1.54) is 25.8 Å². The van der Waals surface area contributed by atoms with E-state index < -0.39 is 0 Å². The van der Waals surface area contributed by atoms with Gasteiger partial charge in [-0.1, -0.05) is 23.8 Å². The van der Waals surface area contributed by atoms with Crippen LogP contribution in [0.5, 0.6) is 5.75 Å². The number of likely N-dealkylation sites (tertiary alicyclic amines) is 1. The molecular weight excluding hydrogens is 376 g/mol. The minimum Gasteiger partial charge on any atom is -0.489 e. The molecule has 0 spiro atoms. The van der Waals surface area contributed by atoms with Gasteiger partial charge in [-0.25, -0.2) is 0 Å². The predicted octanol–water partition coefficient (Wildman–Crippen LogP) is 3.92. The van der Waals surface area contributed by atoms with Gasteiger partial charge in [-0.15, -0.1) is 0 Å². The first-order chi connectivity index (χ1) is 13.7. The Bertz CT molecular complexity index is 672. The summed E-state index contributed by atoms with van der Waals surface area (Å²) in [6, 6.07) is 5.23. The lowest BCUT2D eigenvalue weighted by atomic mass is 9.93. The molecule has 6 heteroatoms. The van der Waals surface area contributed by atoms with Gasteiger partial charge >= 0.3 is 0 Å². The van der Waals surface area contributed by atoms with Crippen molar-refractivity contribution in [1.29, 1.82) is 0 Å². The summed E-state index contributed by atoms with van der Waals surface area (Å²) in [6.45, 7) is 4.30. The van der Waals surface area contributed by atoms with Crippen LogP contribution in [0.25, 0.3) is 0 Å². The normalized spacial score (nSPS) is 20.9. The fourth-order valence-corrected chi connectivity index (χ4v) is 4.11. The van der Waals surface area contributed by atoms with Gasteiger partial charge in [-0.3, -0.25) is 4.79 Å². The number of carbonyl (C=O) groups excluding carboxylic acids is 1. The second kappa shape index (κ2) is 10.8. The molecule has 1 N–H and O–H groups in total. The quantitative estimate of drug-likeness (QED) is 0.525. The standard InChI is InChI=1S/C22H31ClN2O3/c1-27-14-11-24-22(26)18-7-8-21(20(23)15-18)28-19-9-12-25(13-10-19)16-17-5-3-2-4-6-17/h2-3,7-8,15,17,19H,4-6,9-14,16H2,1H3,(H,24,26)/t17-/m1/s1. The van der Waals surface area contributed by atoms with Gasteiger partial charge in [-0.05, 0) is 56.2 Å². The van der Waals surface area contributed by atoms with Crippen LogP contribution in [0.2, 0.25) is 5.02 Å². The van der Waals surface area contributed by atoms with Gasteiger partial charge < -0.3 is 19.7 Å². The fourth-order valence-electron chi connectivity index (χ4n) is 3.88. The topological polar surface area (TPSA) is 50.8 Å². The summed E-state index contributed by atoms with van der Waals surface area (Å²) in [5.41, 5.74) is 0.532. The van der Waals surface area contributed by atoms with Crippen LogP contribution in [0.3, 0.4) is 0 Å². The number of ether oxygens (including phenoxy) is 2. The number of hydrogen-bond donors (Lipinski definition) is 1. The summed E-state index contributed by atoms with van der Waals surface area (Å²) in [5, 5.41) is 3.28. The van der Waals surface area contributed by atoms with Crippen LogP contribution in [-0.2, 0) is 4.74 Å². The van der Waals surface area contributed by atoms with E-state index >= 15 is 0 Å². The Morgan fingerprint density at radius 2 is 2.07 bits per heavy atom. The Morgan fingerprint density at radius 1 is 1.25 bits per heavy atom. The lowest BCUT2D eigenvalue weighted by Gasteiger charge is -2.34. The molecule has 0 unspecified atom stereocenters. The summed E-state index contributed by atoms with van der Waals surface area (Å²) >= 11 is 6.36. The van der Waals surface area contributed by atoms with E-state index in [9.17, 15) is 4.79 Å². The highest BCUT2D eigenvalue weighted by atomic mass is 35.5. The van der Waals surface area contributed by atoms with Crippen molar-refractivity contribution in [3.8, 4) is 5.75 Å². The van der Waals surface area contributed by atoms with Gasteiger partial charge in [0.1, 0.15) is 11.9 Å². The zero-order valence-electron chi connectivity index (χ0n) is 16.7. The van der Waals surface area contributed by atoms with E-state index in [1.807, 2.05) is 0 Å². The van der Waals surface area contributed by atoms with Crippen molar-refractivity contribution < 1.29 is 14.3 Å². The smallest absolute Gasteiger partial charge is 0.251 e. The molecule has 0 bridgehead atoms. The van der Waals surface area contributed by atoms with Crippen LogP contribution < -0.4 is 10.1 Å². The van der Waals surface area contributed by atoms with Gasteiger partial charge in [0, 0.05) is 38.9 Å². The highest BCUT2D eigenvalue weighted by Gasteiger charge is 2.23. The number of nitrogens with one attached hydrogen (secondary N) is 1. The average Bonchev–Trinajstić information content (AvgIpc) is 2.72. The maximum Gasteiger partial charge on any atom is 0.251 e. The van der Waals surface area contributed by atoms with E-state index in [0.717, 1.165) is 31.8 Å². The van der Waals surface area contributed by atoms with Gasteiger partial charge in [0.05, 0.1) is 11.6 Å². The van der Waals surface area contributed by atoms with Crippen LogP contribution in [-0.4, -0.2) is 56.8 Å². The van der Waals surface area contributed by atoms with Gasteiger partial charge in [0.25, 0.3) is 5.91 Å². The number of nitrogens with zero attached hydrogens (tertiary/aromatic N) is 1. The number of allylic oxidation sites excluding steroid dienone is 2. The molecule has 1 heterocycles. The second-order valence-corrected chi connectivity index (χ2v) is 8.07. The predicted molar refractivity (Wildman–Crippen MR) is 112 cm³/mol. The Balaban J connectivity index is 1.45. The highest BCUT2D eigenvalue weighted by Crippen LogP contribution is 2.29. The van der Waals surface area contributed by atoms with Gasteiger partial charge in [0.2, 0.25) is 0 Å². The number of methoxy groups -OCH3 is 1. The van der Waals surface area contributed by atoms with Crippen LogP contribution in [0.1, 0.15) is 42.5 Å². The maximum atomic E-state index is 12.1. The van der Waals surface area contributed by atoms with E-state index in [0.29, 0.717) is 29.5 Å². The molecule has 1 aliphatic heterocycles. The Morgan fingerprint density at radius 3 is 2.75 bits per heavy atom. The van der Waals surface area contributed by atoms with Crippen molar-refractivity contribution >= 4 is 17.5 Å². The number of amides is 1. The van der Waals surface area contributed by atoms with Crippen molar-refractivity contribution in [2.24, 2.45) is 5.92 Å². The molecule has 1 amide bonds. The Labute approximate surface area is 173 Å². The van der Waals surface area contributed by atoms with Crippen molar-refractivity contribution in [1.82, 2.24) is 10.2 Å². The number of carbonyl (C=O) groups is 1. The Kier molecular flexibility index (Phi) is 8.19. The van der Waals surface area contributed by atoms with Crippen molar-refractivity contribution in [3.05, 3.63) is 40.9 Å². The van der Waals surface area contributed by atoms with Gasteiger partial charge in [-0.2, -0.15) is 0 Å². The molecule has 0 saturated carbocycles. The highest BCUT2D eigenvalue weighted by molar-refractivity contribution is 6.32. The Hall–Kier alpha value is -1.56. The molecule has 1 aromatic carbocycles. The van der Waals surface area contributed by atoms with E-state index in [4.69, 9.17) is 21.1 Å². The molecule has 0 aromatic heterocycles. The molecule has 154 valence electrons. The van der Waals surface area contributed by atoms with Crippen molar-refractivity contribution in [2.75, 3.05) is 39.9 Å². The summed E-state index contributed by atoms with van der Waals surface area (Å²) in [5.74, 6) is 1.31. The van der Waals surface area contributed by atoms with E-state index in [2.05, 4.69) is 22.4 Å². The third-order valence-electron chi connectivity index (χ3n) is 5.51. The lowest BCUT2D eigenvalue weighted by molar-refractivity contribution is 0.0899. The molecule has 1 aromatic rings. The zero-order chi connectivity index (χ0) is 19.8. The number of hydrogen-bond acceptors (Lipinski definition) is 4. The molecule has 1 aliphatic carbocycles. The molecular formula is C22H31ClN2O3. The summed E-state index contributed by atoms with van der Waals surface area (Å²) in [6.07, 6.45) is 10.6. The number of piperidine rings is 1. The zero-order valence-corrected chi connectivity index (χ0v) is 17.4. The van der Waals surface area contributed by atoms with Crippen LogP contribution >= 0.6 is 11.6 Å². The molecule has 0 radical (unpaired) electrons. The first-order valence-corrected chi connectivity index (χ1v) is 10.6. The summed E-state index contributed by atoms with van der Waals surface area (Å²) in [7, 11) is 1.60. The SMILES string of the molecule is COCCNC(=O)c1ccc(OC2CCN(C[C@@H]3CC=CCC3)CC2)c(Cl)c1. The second-order valence-electron chi connectivity index (χ2n) is 7.66. The molecule has 3 rings (SSSR count). The van der Waals surface area contributed by atoms with Crippen LogP contribution in [0, 0.1) is 5.92 Å². The third-order valence-corrected chi connectivity index (χ3v) is 5.80. The number of rotatable bonds is 8.